The fraction of sp³-hybridized carbons (Fsp3) is 0.294. The first-order valence-corrected chi connectivity index (χ1v) is 9.92. The highest BCUT2D eigenvalue weighted by atomic mass is 32.2. The zero-order valence-corrected chi connectivity index (χ0v) is 15.3. The summed E-state index contributed by atoms with van der Waals surface area (Å²) in [6.07, 6.45) is 1.16. The van der Waals surface area contributed by atoms with Crippen molar-refractivity contribution in [1.29, 1.82) is 0 Å². The number of aliphatic carboxylic acids is 1. The highest BCUT2D eigenvalue weighted by Gasteiger charge is 2.43. The lowest BCUT2D eigenvalue weighted by Crippen LogP contribution is -2.43. The van der Waals surface area contributed by atoms with Crippen LogP contribution >= 0.6 is 11.3 Å². The summed E-state index contributed by atoms with van der Waals surface area (Å²) < 4.78 is 22.7. The summed E-state index contributed by atoms with van der Waals surface area (Å²) >= 11 is 1.39. The average Bonchev–Trinajstić information content (AvgIpc) is 2.93. The SMILES string of the molecule is C[C@@](CCc1nc2ccc(C#CC#CN)cc2s1)(C(=O)O)S(C)(=O)=O. The molecule has 0 aliphatic heterocycles. The Bertz CT molecular complexity index is 1050. The minimum absolute atomic E-state index is 0.0419. The van der Waals surface area contributed by atoms with E-state index >= 15 is 0 Å². The predicted octanol–water partition coefficient (Wildman–Crippen LogP) is 1.39. The highest BCUT2D eigenvalue weighted by molar-refractivity contribution is 7.92. The Morgan fingerprint density at radius 3 is 2.72 bits per heavy atom. The van der Waals surface area contributed by atoms with E-state index in [-0.39, 0.29) is 12.8 Å². The Morgan fingerprint density at radius 2 is 2.12 bits per heavy atom. The summed E-state index contributed by atoms with van der Waals surface area (Å²) in [7, 11) is -3.75. The second-order valence-electron chi connectivity index (χ2n) is 5.62. The van der Waals surface area contributed by atoms with E-state index in [1.54, 1.807) is 6.07 Å². The predicted molar refractivity (Wildman–Crippen MR) is 97.7 cm³/mol. The van der Waals surface area contributed by atoms with Crippen LogP contribution in [-0.4, -0.2) is 35.5 Å². The van der Waals surface area contributed by atoms with Crippen molar-refractivity contribution in [2.24, 2.45) is 5.73 Å². The zero-order chi connectivity index (χ0) is 18.7. The van der Waals surface area contributed by atoms with Crippen LogP contribution in [0, 0.1) is 23.8 Å². The fourth-order valence-electron chi connectivity index (χ4n) is 2.09. The molecule has 0 aliphatic carbocycles. The molecule has 0 spiro atoms. The molecule has 0 bridgehead atoms. The minimum Gasteiger partial charge on any atom is -0.480 e. The smallest absolute Gasteiger partial charge is 0.324 e. The molecular weight excluding hydrogens is 360 g/mol. The van der Waals surface area contributed by atoms with Gasteiger partial charge in [-0.05, 0) is 37.5 Å². The highest BCUT2D eigenvalue weighted by Crippen LogP contribution is 2.28. The normalized spacial score (nSPS) is 13.2. The molecule has 8 heteroatoms. The summed E-state index contributed by atoms with van der Waals surface area (Å²) in [5.74, 6) is 6.57. The van der Waals surface area contributed by atoms with Gasteiger partial charge in [-0.3, -0.25) is 4.79 Å². The van der Waals surface area contributed by atoms with Gasteiger partial charge in [0.25, 0.3) is 0 Å². The Hall–Kier alpha value is -2.55. The number of hydrogen-bond acceptors (Lipinski definition) is 6. The Labute approximate surface area is 150 Å². The molecule has 6 nitrogen and oxygen atoms in total. The topological polar surface area (TPSA) is 110 Å². The van der Waals surface area contributed by atoms with Gasteiger partial charge in [0.1, 0.15) is 0 Å². The number of rotatable bonds is 5. The van der Waals surface area contributed by atoms with E-state index in [9.17, 15) is 18.3 Å². The van der Waals surface area contributed by atoms with Gasteiger partial charge in [0.2, 0.25) is 0 Å². The van der Waals surface area contributed by atoms with Crippen LogP contribution in [0.1, 0.15) is 23.9 Å². The maximum absolute atomic E-state index is 11.8. The van der Waals surface area contributed by atoms with Gasteiger partial charge in [-0.1, -0.05) is 5.92 Å². The molecule has 1 heterocycles. The molecule has 1 aromatic carbocycles. The van der Waals surface area contributed by atoms with Gasteiger partial charge in [0.05, 0.1) is 15.2 Å². The van der Waals surface area contributed by atoms with Crippen LogP contribution in [0.3, 0.4) is 0 Å². The van der Waals surface area contributed by atoms with E-state index in [0.29, 0.717) is 5.01 Å². The van der Waals surface area contributed by atoms with Gasteiger partial charge >= 0.3 is 5.97 Å². The average molecular weight is 376 g/mol. The van der Waals surface area contributed by atoms with Crippen molar-refractivity contribution in [2.75, 3.05) is 6.26 Å². The first-order valence-electron chi connectivity index (χ1n) is 7.21. The molecule has 3 N–H and O–H groups in total. The lowest BCUT2D eigenvalue weighted by molar-refractivity contribution is -0.139. The number of carboxylic acids is 1. The maximum atomic E-state index is 11.8. The molecule has 0 unspecified atom stereocenters. The molecule has 25 heavy (non-hydrogen) atoms. The molecule has 0 fully saturated rings. The molecule has 0 radical (unpaired) electrons. The van der Waals surface area contributed by atoms with Crippen molar-refractivity contribution >= 4 is 37.4 Å². The van der Waals surface area contributed by atoms with Crippen LogP contribution in [0.2, 0.25) is 0 Å². The number of sulfone groups is 1. The number of nitrogens with zero attached hydrogens (tertiary/aromatic N) is 1. The summed E-state index contributed by atoms with van der Waals surface area (Å²) in [5.41, 5.74) is 6.57. The van der Waals surface area contributed by atoms with E-state index in [0.717, 1.165) is 22.0 Å². The molecule has 2 aromatic rings. The number of carboxylic acid groups (broad SMARTS) is 1. The van der Waals surface area contributed by atoms with Crippen LogP contribution in [0.5, 0.6) is 0 Å². The van der Waals surface area contributed by atoms with Gasteiger partial charge in [-0.2, -0.15) is 0 Å². The molecular formula is C17H16N2O4S2. The first kappa shape index (κ1) is 18.8. The van der Waals surface area contributed by atoms with Gasteiger partial charge in [0.15, 0.2) is 14.6 Å². The fourth-order valence-corrected chi connectivity index (χ4v) is 3.89. The lowest BCUT2D eigenvalue weighted by atomic mass is 10.1. The Morgan fingerprint density at radius 1 is 1.40 bits per heavy atom. The van der Waals surface area contributed by atoms with Crippen molar-refractivity contribution in [3.63, 3.8) is 0 Å². The maximum Gasteiger partial charge on any atom is 0.324 e. The van der Waals surface area contributed by atoms with E-state index in [1.807, 2.05) is 12.1 Å². The number of hydrogen-bond donors (Lipinski definition) is 2. The monoisotopic (exact) mass is 376 g/mol. The van der Waals surface area contributed by atoms with E-state index in [2.05, 4.69) is 28.8 Å². The van der Waals surface area contributed by atoms with Crippen LogP contribution in [0.4, 0.5) is 0 Å². The molecule has 0 aliphatic rings. The van der Waals surface area contributed by atoms with Gasteiger partial charge in [-0.15, -0.1) is 11.3 Å². The Balaban J connectivity index is 2.26. The third-order valence-corrected chi connectivity index (χ3v) is 6.95. The number of benzene rings is 1. The zero-order valence-electron chi connectivity index (χ0n) is 13.7. The van der Waals surface area contributed by atoms with Gasteiger partial charge in [0, 0.05) is 30.2 Å². The minimum atomic E-state index is -3.75. The third-order valence-electron chi connectivity index (χ3n) is 3.86. The number of fused-ring (bicyclic) bond motifs is 1. The second-order valence-corrected chi connectivity index (χ2v) is 9.18. The summed E-state index contributed by atoms with van der Waals surface area (Å²) in [6, 6.07) is 7.66. The van der Waals surface area contributed by atoms with Crippen LogP contribution in [-0.2, 0) is 21.1 Å². The van der Waals surface area contributed by atoms with Crippen molar-refractivity contribution in [3.8, 4) is 23.8 Å². The number of aryl methyl sites for hydroxylation is 1. The second kappa shape index (κ2) is 7.14. The molecule has 0 saturated heterocycles. The van der Waals surface area contributed by atoms with Crippen molar-refractivity contribution in [2.45, 2.75) is 24.5 Å². The van der Waals surface area contributed by atoms with Gasteiger partial charge < -0.3 is 10.8 Å². The van der Waals surface area contributed by atoms with E-state index in [4.69, 9.17) is 5.73 Å². The number of nitrogens with two attached hydrogens (primary N) is 1. The molecule has 130 valence electrons. The number of thiazole rings is 1. The number of aromatic nitrogens is 1. The van der Waals surface area contributed by atoms with Crippen molar-refractivity contribution in [3.05, 3.63) is 28.8 Å². The number of carbonyl (C=O) groups is 1. The van der Waals surface area contributed by atoms with Crippen LogP contribution < -0.4 is 5.73 Å². The lowest BCUT2D eigenvalue weighted by Gasteiger charge is -2.21. The first-order chi connectivity index (χ1) is 11.7. The molecule has 1 aromatic heterocycles. The molecule has 0 amide bonds. The largest absolute Gasteiger partial charge is 0.480 e. The van der Waals surface area contributed by atoms with Gasteiger partial charge in [-0.25, -0.2) is 13.4 Å². The Kier molecular flexibility index (Phi) is 5.36. The van der Waals surface area contributed by atoms with E-state index < -0.39 is 20.6 Å². The molecule has 1 atom stereocenters. The summed E-state index contributed by atoms with van der Waals surface area (Å²) in [5, 5.41) is 9.97. The van der Waals surface area contributed by atoms with Crippen molar-refractivity contribution < 1.29 is 18.3 Å². The van der Waals surface area contributed by atoms with Crippen LogP contribution in [0.15, 0.2) is 18.2 Å². The van der Waals surface area contributed by atoms with Crippen molar-refractivity contribution in [1.82, 2.24) is 4.98 Å². The third kappa shape index (κ3) is 4.11. The molecule has 2 rings (SSSR count). The molecule has 0 saturated carbocycles. The standard InChI is InChI=1S/C17H16N2O4S2/c1-17(16(20)21,25(2,22)23)9-8-15-19-13-7-6-12(5-3-4-10-18)11-14(13)24-15/h6-7,11H,8-9,18H2,1-2H3,(H,20,21)/t17-/m1/s1. The van der Waals surface area contributed by atoms with Crippen LogP contribution in [0.25, 0.3) is 10.2 Å². The summed E-state index contributed by atoms with van der Waals surface area (Å²) in [4.78, 5) is 15.8. The quantitative estimate of drug-likeness (QED) is 0.603. The van der Waals surface area contributed by atoms with E-state index in [1.165, 1.54) is 18.3 Å². The summed E-state index contributed by atoms with van der Waals surface area (Å²) in [6.45, 7) is 1.23.